The normalized spacial score (nSPS) is 10.8. The molecule has 2 rings (SSSR count). The van der Waals surface area contributed by atoms with E-state index in [0.717, 1.165) is 30.2 Å². The summed E-state index contributed by atoms with van der Waals surface area (Å²) in [4.78, 5) is 0.196. The van der Waals surface area contributed by atoms with Crippen LogP contribution in [0.5, 0.6) is 5.75 Å². The summed E-state index contributed by atoms with van der Waals surface area (Å²) < 4.78 is 11.4. The third-order valence-corrected chi connectivity index (χ3v) is 3.01. The van der Waals surface area contributed by atoms with Crippen molar-refractivity contribution in [1.29, 1.82) is 0 Å². The van der Waals surface area contributed by atoms with Crippen LogP contribution in [0, 0.1) is 0 Å². The van der Waals surface area contributed by atoms with E-state index in [2.05, 4.69) is 0 Å². The number of hydrogen-bond acceptors (Lipinski definition) is 4. The van der Waals surface area contributed by atoms with Crippen molar-refractivity contribution in [3.8, 4) is 5.75 Å². The van der Waals surface area contributed by atoms with Crippen molar-refractivity contribution in [3.63, 3.8) is 0 Å². The molecule has 1 aromatic carbocycles. The summed E-state index contributed by atoms with van der Waals surface area (Å²) in [5, 5.41) is 9.60. The number of nitrogens with two attached hydrogens (primary N) is 1. The lowest BCUT2D eigenvalue weighted by molar-refractivity contribution is 0.266. The Morgan fingerprint density at radius 3 is 2.79 bits per heavy atom. The van der Waals surface area contributed by atoms with Crippen molar-refractivity contribution in [3.05, 3.63) is 30.0 Å². The van der Waals surface area contributed by atoms with E-state index in [1.807, 2.05) is 24.3 Å². The van der Waals surface area contributed by atoms with Crippen LogP contribution in [0.4, 0.5) is 0 Å². The maximum absolute atomic E-state index is 8.72. The second-order valence-electron chi connectivity index (χ2n) is 4.25. The molecular weight excluding hydrogens is 262 g/mol. The summed E-state index contributed by atoms with van der Waals surface area (Å²) in [5.74, 6) is 1.05. The zero-order valence-electron chi connectivity index (χ0n) is 10.6. The van der Waals surface area contributed by atoms with Crippen LogP contribution in [-0.2, 0) is 0 Å². The average molecular weight is 279 g/mol. The second kappa shape index (κ2) is 6.54. The number of para-hydroxylation sites is 1. The number of thiocarbonyl (C=S) groups is 1. The van der Waals surface area contributed by atoms with Gasteiger partial charge in [-0.05, 0) is 31.4 Å². The zero-order valence-corrected chi connectivity index (χ0v) is 11.4. The average Bonchev–Trinajstić information content (AvgIpc) is 2.78. The van der Waals surface area contributed by atoms with Crippen molar-refractivity contribution in [1.82, 2.24) is 0 Å². The molecule has 0 radical (unpaired) electrons. The molecule has 0 aliphatic carbocycles. The van der Waals surface area contributed by atoms with Gasteiger partial charge in [0.25, 0.3) is 0 Å². The molecule has 0 atom stereocenters. The first-order valence-electron chi connectivity index (χ1n) is 6.29. The van der Waals surface area contributed by atoms with Gasteiger partial charge in [-0.2, -0.15) is 0 Å². The van der Waals surface area contributed by atoms with Crippen LogP contribution in [0.1, 0.15) is 25.0 Å². The number of aliphatic hydroxyl groups is 1. The molecule has 0 aliphatic rings. The summed E-state index contributed by atoms with van der Waals surface area (Å²) in [7, 11) is 0. The van der Waals surface area contributed by atoms with Gasteiger partial charge in [-0.1, -0.05) is 24.4 Å². The highest BCUT2D eigenvalue weighted by atomic mass is 32.1. The Bertz CT molecular complexity index is 565. The van der Waals surface area contributed by atoms with E-state index in [0.29, 0.717) is 18.1 Å². The molecule has 3 N–H and O–H groups in total. The van der Waals surface area contributed by atoms with Crippen LogP contribution in [0.3, 0.4) is 0 Å². The maximum atomic E-state index is 8.72. The Labute approximate surface area is 117 Å². The Morgan fingerprint density at radius 2 is 2.05 bits per heavy atom. The van der Waals surface area contributed by atoms with Gasteiger partial charge < -0.3 is 20.0 Å². The zero-order chi connectivity index (χ0) is 13.7. The summed E-state index contributed by atoms with van der Waals surface area (Å²) in [5.41, 5.74) is 6.37. The number of unbranched alkanes of at least 4 members (excludes halogenated alkanes) is 2. The van der Waals surface area contributed by atoms with Gasteiger partial charge in [0.2, 0.25) is 5.76 Å². The van der Waals surface area contributed by atoms with Gasteiger partial charge in [0, 0.05) is 6.61 Å². The highest BCUT2D eigenvalue weighted by molar-refractivity contribution is 7.80. The minimum Gasteiger partial charge on any atom is -0.489 e. The molecular formula is C14H17NO3S. The van der Waals surface area contributed by atoms with Gasteiger partial charge in [-0.25, -0.2) is 0 Å². The monoisotopic (exact) mass is 279 g/mol. The van der Waals surface area contributed by atoms with Gasteiger partial charge in [-0.15, -0.1) is 0 Å². The van der Waals surface area contributed by atoms with Crippen molar-refractivity contribution in [2.24, 2.45) is 5.73 Å². The molecule has 2 aromatic rings. The molecule has 0 aliphatic heterocycles. The number of aliphatic hydroxyl groups excluding tert-OH is 1. The standard InChI is InChI=1S/C14H17NO3S/c15-14(19)13-12(17-9-5-1-4-8-16)10-6-2-3-7-11(10)18-13/h2-3,6-7,16H,1,4-5,8-9H2,(H2,15,19). The van der Waals surface area contributed by atoms with Crippen LogP contribution in [0.15, 0.2) is 28.7 Å². The second-order valence-corrected chi connectivity index (χ2v) is 4.69. The van der Waals surface area contributed by atoms with Gasteiger partial charge in [0.05, 0.1) is 12.0 Å². The Morgan fingerprint density at radius 1 is 1.26 bits per heavy atom. The van der Waals surface area contributed by atoms with Gasteiger partial charge in [0.1, 0.15) is 10.6 Å². The summed E-state index contributed by atoms with van der Waals surface area (Å²) >= 11 is 4.98. The summed E-state index contributed by atoms with van der Waals surface area (Å²) in [6.07, 6.45) is 2.59. The molecule has 1 heterocycles. The molecule has 0 bridgehead atoms. The lowest BCUT2D eigenvalue weighted by Crippen LogP contribution is -2.10. The fourth-order valence-corrected chi connectivity index (χ4v) is 2.03. The number of furan rings is 1. The topological polar surface area (TPSA) is 68.6 Å². The summed E-state index contributed by atoms with van der Waals surface area (Å²) in [6.45, 7) is 0.770. The van der Waals surface area contributed by atoms with Crippen LogP contribution in [0.2, 0.25) is 0 Å². The van der Waals surface area contributed by atoms with E-state index >= 15 is 0 Å². The fraction of sp³-hybridized carbons (Fsp3) is 0.357. The van der Waals surface area contributed by atoms with Crippen molar-refractivity contribution >= 4 is 28.2 Å². The largest absolute Gasteiger partial charge is 0.489 e. The first-order chi connectivity index (χ1) is 9.24. The maximum Gasteiger partial charge on any atom is 0.204 e. The predicted octanol–water partition coefficient (Wildman–Crippen LogP) is 2.61. The van der Waals surface area contributed by atoms with Gasteiger partial charge in [-0.3, -0.25) is 0 Å². The minimum absolute atomic E-state index is 0.196. The Kier molecular flexibility index (Phi) is 4.76. The molecule has 0 fully saturated rings. The van der Waals surface area contributed by atoms with Gasteiger partial charge >= 0.3 is 0 Å². The van der Waals surface area contributed by atoms with E-state index < -0.39 is 0 Å². The van der Waals surface area contributed by atoms with E-state index in [-0.39, 0.29) is 11.6 Å². The van der Waals surface area contributed by atoms with E-state index in [1.54, 1.807) is 0 Å². The number of fused-ring (bicyclic) bond motifs is 1. The van der Waals surface area contributed by atoms with E-state index in [9.17, 15) is 0 Å². The molecule has 0 spiro atoms. The van der Waals surface area contributed by atoms with E-state index in [1.165, 1.54) is 0 Å². The Hall–Kier alpha value is -1.59. The minimum atomic E-state index is 0.196. The Balaban J connectivity index is 2.15. The molecule has 0 unspecified atom stereocenters. The summed E-state index contributed by atoms with van der Waals surface area (Å²) in [6, 6.07) is 7.58. The number of ether oxygens (including phenoxy) is 1. The first-order valence-corrected chi connectivity index (χ1v) is 6.70. The predicted molar refractivity (Wildman–Crippen MR) is 78.5 cm³/mol. The molecule has 0 saturated carbocycles. The number of rotatable bonds is 7. The molecule has 4 nitrogen and oxygen atoms in total. The van der Waals surface area contributed by atoms with E-state index in [4.69, 9.17) is 32.2 Å². The third-order valence-electron chi connectivity index (χ3n) is 2.82. The lowest BCUT2D eigenvalue weighted by atomic mass is 10.2. The van der Waals surface area contributed by atoms with Gasteiger partial charge in [0.15, 0.2) is 5.75 Å². The molecule has 102 valence electrons. The first kappa shape index (κ1) is 13.8. The highest BCUT2D eigenvalue weighted by Gasteiger charge is 2.17. The highest BCUT2D eigenvalue weighted by Crippen LogP contribution is 2.33. The lowest BCUT2D eigenvalue weighted by Gasteiger charge is -2.05. The van der Waals surface area contributed by atoms with Crippen LogP contribution in [-0.4, -0.2) is 23.3 Å². The molecule has 0 saturated heterocycles. The van der Waals surface area contributed by atoms with Crippen LogP contribution in [0.25, 0.3) is 11.0 Å². The smallest absolute Gasteiger partial charge is 0.204 e. The van der Waals surface area contributed by atoms with Crippen LogP contribution < -0.4 is 10.5 Å². The number of hydrogen-bond donors (Lipinski definition) is 2. The number of benzene rings is 1. The fourth-order valence-electron chi connectivity index (χ4n) is 1.89. The van der Waals surface area contributed by atoms with Crippen LogP contribution >= 0.6 is 12.2 Å². The molecule has 5 heteroatoms. The quantitative estimate of drug-likeness (QED) is 0.602. The van der Waals surface area contributed by atoms with Crippen molar-refractivity contribution < 1.29 is 14.3 Å². The molecule has 0 amide bonds. The van der Waals surface area contributed by atoms with Crippen molar-refractivity contribution in [2.75, 3.05) is 13.2 Å². The molecule has 1 aromatic heterocycles. The SMILES string of the molecule is NC(=S)c1oc2ccccc2c1OCCCCCO. The third kappa shape index (κ3) is 3.24. The van der Waals surface area contributed by atoms with Crippen molar-refractivity contribution in [2.45, 2.75) is 19.3 Å². The molecule has 19 heavy (non-hydrogen) atoms.